The van der Waals surface area contributed by atoms with Crippen molar-refractivity contribution in [3.8, 4) is 0 Å². The zero-order chi connectivity index (χ0) is 18.7. The van der Waals surface area contributed by atoms with Crippen LogP contribution in [0.5, 0.6) is 0 Å². The minimum Gasteiger partial charge on any atom is -0.367 e. The first-order valence-electron chi connectivity index (χ1n) is 8.31. The molecular weight excluding hydrogens is 373 g/mol. The van der Waals surface area contributed by atoms with Gasteiger partial charge >= 0.3 is 6.03 Å². The number of Topliss-reactive ketones (excluding diaryl/α,β-unsaturated/α-hetero) is 1. The second-order valence-electron chi connectivity index (χ2n) is 6.13. The highest BCUT2D eigenvalue weighted by atomic mass is 35.5. The summed E-state index contributed by atoms with van der Waals surface area (Å²) >= 11 is 12.2. The SMILES string of the molecule is CC(=O)c1ccc(NC(=O)N2CCN(c3ccc(Cl)cc3Cl)CC2)cc1. The second kappa shape index (κ2) is 7.98. The van der Waals surface area contributed by atoms with Crippen LogP contribution in [0.3, 0.4) is 0 Å². The summed E-state index contributed by atoms with van der Waals surface area (Å²) in [6.07, 6.45) is 0. The molecule has 0 bridgehead atoms. The highest BCUT2D eigenvalue weighted by Crippen LogP contribution is 2.29. The molecule has 1 heterocycles. The predicted octanol–water partition coefficient (Wildman–Crippen LogP) is 4.55. The summed E-state index contributed by atoms with van der Waals surface area (Å²) in [5, 5.41) is 4.08. The third kappa shape index (κ3) is 4.29. The van der Waals surface area contributed by atoms with E-state index in [2.05, 4.69) is 10.2 Å². The molecule has 1 fully saturated rings. The first kappa shape index (κ1) is 18.5. The molecule has 2 amide bonds. The maximum Gasteiger partial charge on any atom is 0.321 e. The average Bonchev–Trinajstić information content (AvgIpc) is 2.62. The number of hydrogen-bond donors (Lipinski definition) is 1. The standard InChI is InChI=1S/C19H19Cl2N3O2/c1-13(25)14-2-5-16(6-3-14)22-19(26)24-10-8-23(9-11-24)18-7-4-15(20)12-17(18)21/h2-7,12H,8-11H2,1H3,(H,22,26). The first-order valence-corrected chi connectivity index (χ1v) is 9.06. The quantitative estimate of drug-likeness (QED) is 0.780. The Morgan fingerprint density at radius 2 is 1.62 bits per heavy atom. The van der Waals surface area contributed by atoms with E-state index in [1.807, 2.05) is 12.1 Å². The molecule has 1 aliphatic heterocycles. The Bertz CT molecular complexity index is 816. The molecule has 0 radical (unpaired) electrons. The lowest BCUT2D eigenvalue weighted by molar-refractivity contribution is 0.101. The van der Waals surface area contributed by atoms with Crippen molar-refractivity contribution in [2.75, 3.05) is 36.4 Å². The Kier molecular flexibility index (Phi) is 5.69. The molecule has 7 heteroatoms. The minimum atomic E-state index is -0.151. The number of hydrogen-bond acceptors (Lipinski definition) is 3. The van der Waals surface area contributed by atoms with Crippen molar-refractivity contribution in [3.05, 3.63) is 58.1 Å². The van der Waals surface area contributed by atoms with E-state index >= 15 is 0 Å². The van der Waals surface area contributed by atoms with Gasteiger partial charge in [0.15, 0.2) is 5.78 Å². The Morgan fingerprint density at radius 1 is 0.962 bits per heavy atom. The van der Waals surface area contributed by atoms with Gasteiger partial charge in [-0.25, -0.2) is 4.79 Å². The van der Waals surface area contributed by atoms with Crippen LogP contribution in [0.4, 0.5) is 16.2 Å². The van der Waals surface area contributed by atoms with Crippen LogP contribution in [0.15, 0.2) is 42.5 Å². The van der Waals surface area contributed by atoms with Crippen LogP contribution in [0.25, 0.3) is 0 Å². The number of carbonyl (C=O) groups is 2. The topological polar surface area (TPSA) is 52.7 Å². The van der Waals surface area contributed by atoms with Crippen LogP contribution in [-0.4, -0.2) is 42.9 Å². The molecule has 1 N–H and O–H groups in total. The van der Waals surface area contributed by atoms with E-state index < -0.39 is 0 Å². The Morgan fingerprint density at radius 3 is 2.19 bits per heavy atom. The summed E-state index contributed by atoms with van der Waals surface area (Å²) in [6, 6.07) is 12.2. The van der Waals surface area contributed by atoms with Crippen LogP contribution in [0.2, 0.25) is 10.0 Å². The fraction of sp³-hybridized carbons (Fsp3) is 0.263. The number of rotatable bonds is 3. The van der Waals surface area contributed by atoms with Crippen molar-refractivity contribution in [2.24, 2.45) is 0 Å². The van der Waals surface area contributed by atoms with E-state index in [-0.39, 0.29) is 11.8 Å². The molecule has 1 aliphatic rings. The normalized spacial score (nSPS) is 14.3. The highest BCUT2D eigenvalue weighted by molar-refractivity contribution is 6.36. The van der Waals surface area contributed by atoms with Gasteiger partial charge < -0.3 is 15.1 Å². The predicted molar refractivity (Wildman–Crippen MR) is 106 cm³/mol. The van der Waals surface area contributed by atoms with Crippen LogP contribution in [0.1, 0.15) is 17.3 Å². The molecule has 136 valence electrons. The summed E-state index contributed by atoms with van der Waals surface area (Å²) in [5.41, 5.74) is 2.22. The summed E-state index contributed by atoms with van der Waals surface area (Å²) in [6.45, 7) is 4.09. The van der Waals surface area contributed by atoms with E-state index in [0.29, 0.717) is 47.5 Å². The van der Waals surface area contributed by atoms with Crippen molar-refractivity contribution < 1.29 is 9.59 Å². The molecule has 26 heavy (non-hydrogen) atoms. The van der Waals surface area contributed by atoms with Crippen molar-refractivity contribution in [3.63, 3.8) is 0 Å². The maximum atomic E-state index is 12.4. The van der Waals surface area contributed by atoms with Crippen LogP contribution in [0, 0.1) is 0 Å². The van der Waals surface area contributed by atoms with E-state index in [1.54, 1.807) is 35.2 Å². The number of piperazine rings is 1. The van der Waals surface area contributed by atoms with Gasteiger partial charge in [-0.3, -0.25) is 4.79 Å². The average molecular weight is 392 g/mol. The number of amides is 2. The van der Waals surface area contributed by atoms with Gasteiger partial charge in [0, 0.05) is 42.5 Å². The lowest BCUT2D eigenvalue weighted by Crippen LogP contribution is -2.50. The third-order valence-electron chi connectivity index (χ3n) is 4.36. The number of carbonyl (C=O) groups excluding carboxylic acids is 2. The fourth-order valence-corrected chi connectivity index (χ4v) is 3.41. The summed E-state index contributed by atoms with van der Waals surface area (Å²) in [5.74, 6) is -0.000131. The fourth-order valence-electron chi connectivity index (χ4n) is 2.88. The van der Waals surface area contributed by atoms with Gasteiger partial charge in [-0.2, -0.15) is 0 Å². The molecule has 0 spiro atoms. The monoisotopic (exact) mass is 391 g/mol. The summed E-state index contributed by atoms with van der Waals surface area (Å²) in [4.78, 5) is 27.6. The number of ketones is 1. The van der Waals surface area contributed by atoms with Crippen LogP contribution in [-0.2, 0) is 0 Å². The number of urea groups is 1. The highest BCUT2D eigenvalue weighted by Gasteiger charge is 2.22. The molecule has 0 unspecified atom stereocenters. The number of nitrogens with one attached hydrogen (secondary N) is 1. The van der Waals surface area contributed by atoms with Crippen molar-refractivity contribution >= 4 is 46.4 Å². The molecule has 3 rings (SSSR count). The van der Waals surface area contributed by atoms with E-state index in [0.717, 1.165) is 5.69 Å². The van der Waals surface area contributed by atoms with Gasteiger partial charge in [0.1, 0.15) is 0 Å². The van der Waals surface area contributed by atoms with Gasteiger partial charge in [0.2, 0.25) is 0 Å². The van der Waals surface area contributed by atoms with Crippen LogP contribution < -0.4 is 10.2 Å². The zero-order valence-electron chi connectivity index (χ0n) is 14.3. The number of nitrogens with zero attached hydrogens (tertiary/aromatic N) is 2. The van der Waals surface area contributed by atoms with E-state index in [4.69, 9.17) is 23.2 Å². The van der Waals surface area contributed by atoms with Crippen LogP contribution >= 0.6 is 23.2 Å². The maximum absolute atomic E-state index is 12.4. The Balaban J connectivity index is 1.57. The molecule has 2 aromatic rings. The van der Waals surface area contributed by atoms with E-state index in [9.17, 15) is 9.59 Å². The zero-order valence-corrected chi connectivity index (χ0v) is 15.8. The van der Waals surface area contributed by atoms with Crippen molar-refractivity contribution in [1.29, 1.82) is 0 Å². The molecular formula is C19H19Cl2N3O2. The molecule has 0 atom stereocenters. The number of anilines is 2. The second-order valence-corrected chi connectivity index (χ2v) is 6.98. The largest absolute Gasteiger partial charge is 0.367 e. The number of benzene rings is 2. The molecule has 1 saturated heterocycles. The minimum absolute atomic E-state index is 0.000131. The molecule has 2 aromatic carbocycles. The van der Waals surface area contributed by atoms with Gasteiger partial charge in [-0.05, 0) is 49.4 Å². The van der Waals surface area contributed by atoms with Crippen molar-refractivity contribution in [2.45, 2.75) is 6.92 Å². The molecule has 0 saturated carbocycles. The Hall–Kier alpha value is -2.24. The van der Waals surface area contributed by atoms with Crippen molar-refractivity contribution in [1.82, 2.24) is 4.90 Å². The van der Waals surface area contributed by atoms with Gasteiger partial charge in [-0.15, -0.1) is 0 Å². The lowest BCUT2D eigenvalue weighted by atomic mass is 10.1. The lowest BCUT2D eigenvalue weighted by Gasteiger charge is -2.36. The van der Waals surface area contributed by atoms with E-state index in [1.165, 1.54) is 6.92 Å². The summed E-state index contributed by atoms with van der Waals surface area (Å²) in [7, 11) is 0. The molecule has 5 nitrogen and oxygen atoms in total. The summed E-state index contributed by atoms with van der Waals surface area (Å²) < 4.78 is 0. The van der Waals surface area contributed by atoms with Gasteiger partial charge in [0.05, 0.1) is 10.7 Å². The Labute approximate surface area is 162 Å². The number of halogens is 2. The third-order valence-corrected chi connectivity index (χ3v) is 4.90. The van der Waals surface area contributed by atoms with Gasteiger partial charge in [0.25, 0.3) is 0 Å². The molecule has 0 aromatic heterocycles. The first-order chi connectivity index (χ1) is 12.4. The smallest absolute Gasteiger partial charge is 0.321 e. The molecule has 0 aliphatic carbocycles. The van der Waals surface area contributed by atoms with Gasteiger partial charge in [-0.1, -0.05) is 23.2 Å².